The molecule has 17 aromatic carbocycles. The summed E-state index contributed by atoms with van der Waals surface area (Å²) in [6, 6.07) is 151. The van der Waals surface area contributed by atoms with Gasteiger partial charge in [-0.15, -0.1) is 0 Å². The second-order valence-corrected chi connectivity index (χ2v) is 38.5. The van der Waals surface area contributed by atoms with Gasteiger partial charge in [0.15, 0.2) is 0 Å². The van der Waals surface area contributed by atoms with Crippen molar-refractivity contribution in [3.05, 3.63) is 552 Å². The van der Waals surface area contributed by atoms with Crippen LogP contribution in [-0.2, 0) is 78.5 Å². The Bertz CT molecular complexity index is 6530. The van der Waals surface area contributed by atoms with Gasteiger partial charge in [-0.25, -0.2) is 0 Å². The third-order valence-electron chi connectivity index (χ3n) is 28.2. The summed E-state index contributed by atoms with van der Waals surface area (Å²) in [5, 5.41) is 0. The number of nitrogens with zero attached hydrogens (tertiary/aromatic N) is 9. The molecule has 0 saturated carbocycles. The standard InChI is InChI=1S/C138H123N9/c1-106-133-100-139(88-34-52-112-40-16-7-17-41-112)94-118-64-76-127(77-65-118)145(124-58-28-13-29-59-124)130-82-70-121(71-83-130)97-142(91-37-55-115-46-22-10-23-47-115)103-136-109(4)137-104-143(92-38-56-116-48-24-11-25-49-116)98-122-72-84-131(85-73-122)146(125-60-30-14-31-61-125)128-78-66-119(67-79-128)95-140(89-35-53-113-42-18-8-19-43-113)101-134(106)108(3)135(107(133)2)102-141(90-36-54-114-44-20-9-21-45-114)96-120-68-80-129(81-69-120)147(126-62-32-15-33-63-126)132-86-74-123(75-87-132)99-144(105-138(110(136)5)111(137)6)93-39-57-117-50-26-12-27-51-117/h7-33,40-51,58-87H,88-105H2,1-6H3. The molecule has 21 aliphatic heterocycles. The Hall–Kier alpha value is -16.7. The van der Waals surface area contributed by atoms with Gasteiger partial charge in [-0.3, -0.25) is 29.4 Å². The van der Waals surface area contributed by atoms with Crippen LogP contribution >= 0.6 is 0 Å². The van der Waals surface area contributed by atoms with Crippen molar-refractivity contribution in [2.24, 2.45) is 0 Å². The van der Waals surface area contributed by atoms with Crippen LogP contribution in [0.25, 0.3) is 0 Å². The van der Waals surface area contributed by atoms with Crippen molar-refractivity contribution in [2.75, 3.05) is 54.0 Å². The smallest absolute Gasteiger partial charge is 0.0611 e. The van der Waals surface area contributed by atoms with E-state index in [0.29, 0.717) is 118 Å². The summed E-state index contributed by atoms with van der Waals surface area (Å²) in [5.41, 5.74) is 37.9. The number of anilines is 9. The maximum atomic E-state index is 3.73. The van der Waals surface area contributed by atoms with Gasteiger partial charge < -0.3 is 14.7 Å². The highest BCUT2D eigenvalue weighted by Crippen LogP contribution is 2.42. The normalized spacial score (nSPS) is 13.6. The lowest BCUT2D eigenvalue weighted by Crippen LogP contribution is -2.29. The van der Waals surface area contributed by atoms with E-state index in [1.54, 1.807) is 0 Å². The Morgan fingerprint density at radius 1 is 0.143 bits per heavy atom. The SMILES string of the molecule is Cc1c2c(C)c3c(C)c1CN(CC#Cc1ccccc1)Cc1ccc(cc1)N(c1ccccc1)c1ccc(cc1)CN(CC#Cc1ccccc1)Cc1c(C)c(c(C)c(c1C)CN(CC#Cc1ccccc1)Cc1ccc(cc1)N(c1ccccc1)c1ccc(cc1)CN(CC#Cc1ccccc1)C3)CN(CC#Cc1ccccc1)Cc1ccc(cc1)N(c1ccccc1)c1ccc(cc1)CN(CC#Cc1ccccc1)C2. The largest absolute Gasteiger partial charge is 0.311 e. The summed E-state index contributed by atoms with van der Waals surface area (Å²) in [4.78, 5) is 22.5. The summed E-state index contributed by atoms with van der Waals surface area (Å²) in [6.07, 6.45) is 0. The van der Waals surface area contributed by atoms with E-state index in [9.17, 15) is 0 Å². The number of hydrogen-bond acceptors (Lipinski definition) is 9. The minimum Gasteiger partial charge on any atom is -0.311 e. The Kier molecular flexibility index (Phi) is 33.0. The molecule has 0 saturated heterocycles. The van der Waals surface area contributed by atoms with Gasteiger partial charge in [0.05, 0.1) is 39.3 Å². The van der Waals surface area contributed by atoms with Gasteiger partial charge in [-0.1, -0.05) is 308 Å². The number of hydrogen-bond donors (Lipinski definition) is 0. The fraction of sp³-hybridized carbons (Fsp3) is 0.174. The molecular formula is C138H123N9. The Balaban J connectivity index is 0.823. The molecule has 0 aromatic heterocycles. The molecule has 38 rings (SSSR count). The highest BCUT2D eigenvalue weighted by atomic mass is 15.2. The zero-order valence-electron chi connectivity index (χ0n) is 85.1. The van der Waals surface area contributed by atoms with E-state index in [0.717, 1.165) is 84.6 Å². The van der Waals surface area contributed by atoms with E-state index >= 15 is 0 Å². The lowest BCUT2D eigenvalue weighted by Gasteiger charge is -2.31. The molecule has 720 valence electrons. The van der Waals surface area contributed by atoms with Crippen LogP contribution in [-0.4, -0.2) is 68.7 Å². The zero-order valence-corrected chi connectivity index (χ0v) is 85.1. The predicted octanol–water partition coefficient (Wildman–Crippen LogP) is 28.9. The van der Waals surface area contributed by atoms with E-state index in [-0.39, 0.29) is 0 Å². The summed E-state index contributed by atoms with van der Waals surface area (Å²) in [6.45, 7) is 25.0. The first-order chi connectivity index (χ1) is 72.3. The Morgan fingerprint density at radius 3 is 0.401 bits per heavy atom. The third-order valence-corrected chi connectivity index (χ3v) is 28.2. The molecule has 18 bridgehead atoms. The van der Waals surface area contributed by atoms with Crippen molar-refractivity contribution >= 4 is 51.2 Å². The average molecular weight is 1910 g/mol. The van der Waals surface area contributed by atoms with Crippen molar-refractivity contribution < 1.29 is 0 Å². The molecule has 21 heterocycles. The van der Waals surface area contributed by atoms with Crippen LogP contribution in [0.15, 0.2) is 419 Å². The van der Waals surface area contributed by atoms with E-state index in [1.807, 2.05) is 0 Å². The molecular weight excluding hydrogens is 1780 g/mol. The molecule has 0 aliphatic carbocycles. The van der Waals surface area contributed by atoms with Crippen molar-refractivity contribution in [3.8, 4) is 71.0 Å². The average Bonchev–Trinajstić information content (AvgIpc) is 0.772. The number of benzene rings is 17. The van der Waals surface area contributed by atoms with Crippen molar-refractivity contribution in [1.29, 1.82) is 0 Å². The molecule has 0 atom stereocenters. The highest BCUT2D eigenvalue weighted by molar-refractivity contribution is 5.80. The molecule has 0 radical (unpaired) electrons. The predicted molar refractivity (Wildman–Crippen MR) is 609 cm³/mol. The van der Waals surface area contributed by atoms with Gasteiger partial charge in [0.25, 0.3) is 0 Å². The van der Waals surface area contributed by atoms with Crippen LogP contribution in [0.2, 0.25) is 0 Å². The van der Waals surface area contributed by atoms with E-state index in [1.165, 1.54) is 100 Å². The highest BCUT2D eigenvalue weighted by Gasteiger charge is 2.28. The number of para-hydroxylation sites is 3. The minimum absolute atomic E-state index is 0.517. The topological polar surface area (TPSA) is 29.2 Å². The van der Waals surface area contributed by atoms with Crippen LogP contribution in [0.4, 0.5) is 51.2 Å². The fourth-order valence-corrected chi connectivity index (χ4v) is 20.3. The van der Waals surface area contributed by atoms with Gasteiger partial charge in [0.1, 0.15) is 0 Å². The molecule has 9 heteroatoms. The fourth-order valence-electron chi connectivity index (χ4n) is 20.3. The molecule has 17 aromatic rings. The molecule has 9 nitrogen and oxygen atoms in total. The van der Waals surface area contributed by atoms with Crippen LogP contribution in [0.3, 0.4) is 0 Å². The summed E-state index contributed by atoms with van der Waals surface area (Å²) in [7, 11) is 0. The molecule has 0 unspecified atom stereocenters. The first kappa shape index (κ1) is 99.0. The summed E-state index contributed by atoms with van der Waals surface area (Å²) < 4.78 is 0. The lowest BCUT2D eigenvalue weighted by atomic mass is 9.87. The lowest BCUT2D eigenvalue weighted by molar-refractivity contribution is 0.278. The molecule has 0 fully saturated rings. The van der Waals surface area contributed by atoms with Crippen LogP contribution < -0.4 is 14.7 Å². The van der Waals surface area contributed by atoms with Crippen molar-refractivity contribution in [3.63, 3.8) is 0 Å². The second kappa shape index (κ2) is 49.0. The van der Waals surface area contributed by atoms with Gasteiger partial charge >= 0.3 is 0 Å². The van der Waals surface area contributed by atoms with Gasteiger partial charge in [-0.2, -0.15) is 0 Å². The maximum Gasteiger partial charge on any atom is 0.0611 e. The monoisotopic (exact) mass is 1910 g/mol. The minimum atomic E-state index is 0.517. The van der Waals surface area contributed by atoms with Crippen molar-refractivity contribution in [1.82, 2.24) is 29.4 Å². The molecule has 21 aliphatic rings. The van der Waals surface area contributed by atoms with Crippen LogP contribution in [0, 0.1) is 113 Å². The van der Waals surface area contributed by atoms with Crippen LogP contribution in [0.5, 0.6) is 0 Å². The van der Waals surface area contributed by atoms with Gasteiger partial charge in [0.2, 0.25) is 0 Å². The summed E-state index contributed by atoms with van der Waals surface area (Å²) >= 11 is 0. The van der Waals surface area contributed by atoms with E-state index in [2.05, 4.69) is 575 Å². The third kappa shape index (κ3) is 26.1. The van der Waals surface area contributed by atoms with Crippen molar-refractivity contribution in [2.45, 2.75) is 120 Å². The molecule has 0 N–H and O–H groups in total. The first-order valence-corrected chi connectivity index (χ1v) is 51.2. The second-order valence-electron chi connectivity index (χ2n) is 38.5. The number of rotatable bonds is 9. The maximum absolute atomic E-state index is 3.73. The molecule has 147 heavy (non-hydrogen) atoms. The summed E-state index contributed by atoms with van der Waals surface area (Å²) in [5.74, 6) is 44.0. The zero-order chi connectivity index (χ0) is 100. The first-order valence-electron chi connectivity index (χ1n) is 51.2. The van der Waals surface area contributed by atoms with E-state index < -0.39 is 0 Å². The van der Waals surface area contributed by atoms with Gasteiger partial charge in [-0.05, 0) is 324 Å². The van der Waals surface area contributed by atoms with Gasteiger partial charge in [0, 0.05) is 163 Å². The Labute approximate surface area is 871 Å². The molecule has 0 amide bonds. The van der Waals surface area contributed by atoms with Crippen LogP contribution in [0.1, 0.15) is 134 Å². The molecule has 0 spiro atoms. The van der Waals surface area contributed by atoms with E-state index in [4.69, 9.17) is 0 Å². The quantitative estimate of drug-likeness (QED) is 0.131. The Morgan fingerprint density at radius 2 is 0.265 bits per heavy atom.